The highest BCUT2D eigenvalue weighted by Crippen LogP contribution is 2.19. The van der Waals surface area contributed by atoms with Crippen molar-refractivity contribution in [2.75, 3.05) is 16.0 Å². The van der Waals surface area contributed by atoms with Gasteiger partial charge in [0.25, 0.3) is 11.5 Å². The topological polar surface area (TPSA) is 222 Å². The second-order valence-electron chi connectivity index (χ2n) is 7.44. The molecule has 188 valence electrons. The van der Waals surface area contributed by atoms with Crippen LogP contribution in [0.1, 0.15) is 28.9 Å². The van der Waals surface area contributed by atoms with Crippen LogP contribution in [0.5, 0.6) is 0 Å². The Morgan fingerprint density at radius 2 is 1.83 bits per heavy atom. The SMILES string of the molecule is Nc1nc2ncc(CN(C(=O)CBr)c3ccc(C(=O)N[C@@H](CCC(=O)O)C(=O)O)cc3)nc2c(=O)[nH]1. The number of halogens is 1. The molecule has 6 N–H and O–H groups in total. The fourth-order valence-electron chi connectivity index (χ4n) is 3.16. The first-order valence-corrected chi connectivity index (χ1v) is 11.4. The first kappa shape index (κ1) is 26.2. The van der Waals surface area contributed by atoms with E-state index in [1.165, 1.54) is 35.4 Å². The van der Waals surface area contributed by atoms with E-state index in [1.807, 2.05) is 0 Å². The number of anilines is 2. The Kier molecular flexibility index (Phi) is 8.26. The number of nitrogens with two attached hydrogens (primary N) is 1. The third-order valence-electron chi connectivity index (χ3n) is 4.91. The molecule has 3 rings (SSSR count). The number of aliphatic carboxylic acids is 2. The molecule has 3 aromatic rings. The third kappa shape index (κ3) is 6.38. The number of nitrogen functional groups attached to an aromatic ring is 1. The van der Waals surface area contributed by atoms with E-state index >= 15 is 0 Å². The van der Waals surface area contributed by atoms with E-state index in [9.17, 15) is 29.1 Å². The number of H-pyrrole nitrogens is 1. The van der Waals surface area contributed by atoms with E-state index in [2.05, 4.69) is 41.2 Å². The van der Waals surface area contributed by atoms with E-state index < -0.39 is 35.9 Å². The van der Waals surface area contributed by atoms with Crippen molar-refractivity contribution >= 4 is 62.5 Å². The molecule has 0 aliphatic carbocycles. The molecule has 1 atom stereocenters. The van der Waals surface area contributed by atoms with Gasteiger partial charge in [-0.25, -0.2) is 14.8 Å². The number of hydrogen-bond acceptors (Lipinski definition) is 9. The van der Waals surface area contributed by atoms with Crippen LogP contribution in [0.2, 0.25) is 0 Å². The number of carboxylic acid groups (broad SMARTS) is 2. The molecule has 0 aliphatic rings. The standard InChI is InChI=1S/C21H20BrN7O7/c22-7-14(30)29(9-11-8-24-17-16(25-11)19(34)28-21(23)27-17)12-3-1-10(2-4-12)18(33)26-13(20(35)36)5-6-15(31)32/h1-4,8,13H,5-7,9H2,(H,26,33)(H,31,32)(H,35,36)(H3,23,24,27,28,34)/t13-/m0/s1. The normalized spacial score (nSPS) is 11.6. The number of benzene rings is 1. The molecule has 14 nitrogen and oxygen atoms in total. The molecule has 0 fully saturated rings. The lowest BCUT2D eigenvalue weighted by molar-refractivity contribution is -0.140. The van der Waals surface area contributed by atoms with Gasteiger partial charge >= 0.3 is 11.9 Å². The minimum Gasteiger partial charge on any atom is -0.481 e. The van der Waals surface area contributed by atoms with Crippen LogP contribution in [0.25, 0.3) is 11.2 Å². The average Bonchev–Trinajstić information content (AvgIpc) is 2.84. The molecule has 1 aromatic carbocycles. The van der Waals surface area contributed by atoms with Gasteiger partial charge in [0, 0.05) is 17.7 Å². The Morgan fingerprint density at radius 1 is 1.14 bits per heavy atom. The van der Waals surface area contributed by atoms with Crippen molar-refractivity contribution in [3.8, 4) is 0 Å². The molecule has 2 heterocycles. The number of aromatic nitrogens is 4. The third-order valence-corrected chi connectivity index (χ3v) is 5.39. The molecule has 0 unspecified atom stereocenters. The molecule has 0 saturated carbocycles. The van der Waals surface area contributed by atoms with Gasteiger partial charge in [-0.1, -0.05) is 15.9 Å². The number of nitrogens with zero attached hydrogens (tertiary/aromatic N) is 4. The number of rotatable bonds is 10. The predicted octanol–water partition coefficient (Wildman–Crippen LogP) is 0.271. The molecule has 15 heteroatoms. The lowest BCUT2D eigenvalue weighted by Gasteiger charge is -2.22. The Bertz CT molecular complexity index is 1380. The quantitative estimate of drug-likeness (QED) is 0.211. The minimum atomic E-state index is -1.38. The van der Waals surface area contributed by atoms with Crippen LogP contribution >= 0.6 is 15.9 Å². The number of hydrogen-bond donors (Lipinski definition) is 5. The molecule has 0 aliphatic heterocycles. The highest BCUT2D eigenvalue weighted by atomic mass is 79.9. The van der Waals surface area contributed by atoms with Gasteiger partial charge in [-0.15, -0.1) is 0 Å². The maximum atomic E-state index is 12.6. The first-order valence-electron chi connectivity index (χ1n) is 10.3. The number of aromatic amines is 1. The zero-order valence-electron chi connectivity index (χ0n) is 18.5. The number of carbonyl (C=O) groups is 4. The van der Waals surface area contributed by atoms with Gasteiger partial charge < -0.3 is 26.2 Å². The van der Waals surface area contributed by atoms with E-state index in [4.69, 9.17) is 10.8 Å². The zero-order valence-corrected chi connectivity index (χ0v) is 20.1. The second-order valence-corrected chi connectivity index (χ2v) is 8.00. The summed E-state index contributed by atoms with van der Waals surface area (Å²) in [5.74, 6) is -3.71. The largest absolute Gasteiger partial charge is 0.481 e. The summed E-state index contributed by atoms with van der Waals surface area (Å²) in [6.07, 6.45) is 0.653. The van der Waals surface area contributed by atoms with E-state index in [1.54, 1.807) is 0 Å². The highest BCUT2D eigenvalue weighted by molar-refractivity contribution is 9.09. The fraction of sp³-hybridized carbons (Fsp3) is 0.238. The van der Waals surface area contributed by atoms with Gasteiger partial charge in [-0.05, 0) is 30.7 Å². The van der Waals surface area contributed by atoms with Gasteiger partial charge in [0.15, 0.2) is 11.2 Å². The zero-order chi connectivity index (χ0) is 26.4. The van der Waals surface area contributed by atoms with Crippen molar-refractivity contribution < 1.29 is 29.4 Å². The van der Waals surface area contributed by atoms with Crippen molar-refractivity contribution in [1.29, 1.82) is 0 Å². The van der Waals surface area contributed by atoms with Crippen LogP contribution < -0.4 is 21.5 Å². The van der Waals surface area contributed by atoms with Crippen molar-refractivity contribution in [2.24, 2.45) is 0 Å². The van der Waals surface area contributed by atoms with Crippen molar-refractivity contribution in [3.05, 3.63) is 52.1 Å². The predicted molar refractivity (Wildman–Crippen MR) is 130 cm³/mol. The number of alkyl halides is 1. The summed E-state index contributed by atoms with van der Waals surface area (Å²) < 4.78 is 0. The van der Waals surface area contributed by atoms with E-state index in [-0.39, 0.29) is 46.9 Å². The van der Waals surface area contributed by atoms with Crippen molar-refractivity contribution in [1.82, 2.24) is 25.3 Å². The highest BCUT2D eigenvalue weighted by Gasteiger charge is 2.22. The maximum absolute atomic E-state index is 12.6. The molecule has 0 radical (unpaired) electrons. The molecule has 0 spiro atoms. The monoisotopic (exact) mass is 561 g/mol. The van der Waals surface area contributed by atoms with Crippen molar-refractivity contribution in [3.63, 3.8) is 0 Å². The molecule has 2 aromatic heterocycles. The van der Waals surface area contributed by atoms with Crippen LogP contribution in [0, 0.1) is 0 Å². The Balaban J connectivity index is 1.81. The van der Waals surface area contributed by atoms with Crippen LogP contribution in [0.15, 0.2) is 35.3 Å². The van der Waals surface area contributed by atoms with Gasteiger partial charge in [0.2, 0.25) is 11.9 Å². The fourth-order valence-corrected chi connectivity index (χ4v) is 3.47. The van der Waals surface area contributed by atoms with E-state index in [0.29, 0.717) is 11.4 Å². The summed E-state index contributed by atoms with van der Waals surface area (Å²) >= 11 is 3.12. The number of amides is 2. The maximum Gasteiger partial charge on any atom is 0.326 e. The first-order chi connectivity index (χ1) is 17.1. The van der Waals surface area contributed by atoms with Crippen LogP contribution in [0.3, 0.4) is 0 Å². The summed E-state index contributed by atoms with van der Waals surface area (Å²) in [5, 5.41) is 20.2. The number of fused-ring (bicyclic) bond motifs is 1. The van der Waals surface area contributed by atoms with Crippen LogP contribution in [-0.4, -0.2) is 65.3 Å². The summed E-state index contributed by atoms with van der Waals surface area (Å²) in [6, 6.07) is 4.36. The summed E-state index contributed by atoms with van der Waals surface area (Å²) in [4.78, 5) is 75.1. The van der Waals surface area contributed by atoms with Gasteiger partial charge in [0.1, 0.15) is 6.04 Å². The lowest BCUT2D eigenvalue weighted by Crippen LogP contribution is -2.41. The van der Waals surface area contributed by atoms with Gasteiger partial charge in [-0.2, -0.15) is 4.98 Å². The Labute approximate surface area is 210 Å². The van der Waals surface area contributed by atoms with Crippen LogP contribution in [0.4, 0.5) is 11.6 Å². The molecular weight excluding hydrogens is 542 g/mol. The minimum absolute atomic E-state index is 0.0290. The molecule has 2 amide bonds. The summed E-state index contributed by atoms with van der Waals surface area (Å²) in [7, 11) is 0. The molecular formula is C21H20BrN7O7. The van der Waals surface area contributed by atoms with Crippen LogP contribution in [-0.2, 0) is 20.9 Å². The number of carbonyl (C=O) groups excluding carboxylic acids is 2. The number of carboxylic acids is 2. The van der Waals surface area contributed by atoms with Crippen molar-refractivity contribution in [2.45, 2.75) is 25.4 Å². The summed E-state index contributed by atoms with van der Waals surface area (Å²) in [5.41, 5.74) is 5.72. The van der Waals surface area contributed by atoms with E-state index in [0.717, 1.165) is 0 Å². The summed E-state index contributed by atoms with van der Waals surface area (Å²) in [6.45, 7) is -0.0565. The number of nitrogens with one attached hydrogen (secondary N) is 2. The Hall–Kier alpha value is -4.40. The molecule has 36 heavy (non-hydrogen) atoms. The van der Waals surface area contributed by atoms with Gasteiger partial charge in [0.05, 0.1) is 23.8 Å². The lowest BCUT2D eigenvalue weighted by atomic mass is 10.1. The molecule has 0 saturated heterocycles. The second kappa shape index (κ2) is 11.4. The van der Waals surface area contributed by atoms with Gasteiger partial charge in [-0.3, -0.25) is 24.2 Å². The molecule has 0 bridgehead atoms. The smallest absolute Gasteiger partial charge is 0.326 e. The average molecular weight is 562 g/mol. The Morgan fingerprint density at radius 3 is 2.44 bits per heavy atom.